The molecule has 0 fully saturated rings. The van der Waals surface area contributed by atoms with E-state index in [1.165, 1.54) is 11.3 Å². The van der Waals surface area contributed by atoms with E-state index in [4.69, 9.17) is 9.47 Å². The van der Waals surface area contributed by atoms with Gasteiger partial charge in [0.15, 0.2) is 0 Å². The number of benzene rings is 1. The molecule has 5 nitrogen and oxygen atoms in total. The fourth-order valence-electron chi connectivity index (χ4n) is 2.20. The van der Waals surface area contributed by atoms with Gasteiger partial charge < -0.3 is 14.4 Å². The van der Waals surface area contributed by atoms with Gasteiger partial charge in [-0.05, 0) is 46.5 Å². The van der Waals surface area contributed by atoms with Crippen molar-refractivity contribution in [2.24, 2.45) is 0 Å². The van der Waals surface area contributed by atoms with Crippen LogP contribution < -0.4 is 4.74 Å². The minimum absolute atomic E-state index is 0.310. The molecule has 24 heavy (non-hydrogen) atoms. The summed E-state index contributed by atoms with van der Waals surface area (Å²) in [4.78, 5) is 19.1. The van der Waals surface area contributed by atoms with Gasteiger partial charge in [0, 0.05) is 12.1 Å². The minimum Gasteiger partial charge on any atom is -0.494 e. The third kappa shape index (κ3) is 5.04. The van der Waals surface area contributed by atoms with Gasteiger partial charge in [-0.3, -0.25) is 0 Å². The standard InChI is InChI=1S/C18H24N2O3S/c1-5-22-18(21)16-13(2)19-17(24-16)14-8-6-9-15(12-14)23-11-7-10-20(3)4/h6,8-9,12H,5,7,10-11H2,1-4H3. The van der Waals surface area contributed by atoms with Gasteiger partial charge in [0.1, 0.15) is 15.6 Å². The lowest BCUT2D eigenvalue weighted by atomic mass is 10.2. The van der Waals surface area contributed by atoms with Crippen molar-refractivity contribution in [3.05, 3.63) is 34.8 Å². The number of aromatic nitrogens is 1. The van der Waals surface area contributed by atoms with Gasteiger partial charge in [0.05, 0.1) is 18.9 Å². The fraction of sp³-hybridized carbons (Fsp3) is 0.444. The maximum atomic E-state index is 11.9. The Labute approximate surface area is 147 Å². The molecule has 0 N–H and O–H groups in total. The Kier molecular flexibility index (Phi) is 6.75. The summed E-state index contributed by atoms with van der Waals surface area (Å²) in [6, 6.07) is 7.81. The van der Waals surface area contributed by atoms with E-state index >= 15 is 0 Å². The number of carbonyl (C=O) groups is 1. The fourth-order valence-corrected chi connectivity index (χ4v) is 3.15. The summed E-state index contributed by atoms with van der Waals surface area (Å²) < 4.78 is 10.9. The molecule has 1 aromatic carbocycles. The maximum Gasteiger partial charge on any atom is 0.350 e. The molecule has 0 unspecified atom stereocenters. The van der Waals surface area contributed by atoms with E-state index in [0.29, 0.717) is 23.8 Å². The molecule has 0 amide bonds. The second-order valence-electron chi connectivity index (χ2n) is 5.69. The molecular formula is C18H24N2O3S. The molecule has 0 aliphatic rings. The average Bonchev–Trinajstić information content (AvgIpc) is 2.94. The van der Waals surface area contributed by atoms with Gasteiger partial charge in [0.25, 0.3) is 0 Å². The molecule has 0 spiro atoms. The van der Waals surface area contributed by atoms with Crippen molar-refractivity contribution in [1.29, 1.82) is 0 Å². The number of hydrogen-bond donors (Lipinski definition) is 0. The van der Waals surface area contributed by atoms with Crippen molar-refractivity contribution in [2.75, 3.05) is 33.9 Å². The quantitative estimate of drug-likeness (QED) is 0.539. The second kappa shape index (κ2) is 8.80. The van der Waals surface area contributed by atoms with Gasteiger partial charge in [-0.25, -0.2) is 9.78 Å². The number of rotatable bonds is 8. The Morgan fingerprint density at radius 2 is 2.12 bits per heavy atom. The van der Waals surface area contributed by atoms with E-state index in [2.05, 4.69) is 9.88 Å². The van der Waals surface area contributed by atoms with Crippen molar-refractivity contribution < 1.29 is 14.3 Å². The summed E-state index contributed by atoms with van der Waals surface area (Å²) in [5.41, 5.74) is 1.65. The van der Waals surface area contributed by atoms with Gasteiger partial charge >= 0.3 is 5.97 Å². The molecule has 0 atom stereocenters. The van der Waals surface area contributed by atoms with Crippen molar-refractivity contribution in [3.8, 4) is 16.3 Å². The lowest BCUT2D eigenvalue weighted by Gasteiger charge is -2.10. The number of carbonyl (C=O) groups excluding carboxylic acids is 1. The highest BCUT2D eigenvalue weighted by molar-refractivity contribution is 7.17. The summed E-state index contributed by atoms with van der Waals surface area (Å²) in [7, 11) is 4.10. The van der Waals surface area contributed by atoms with Gasteiger partial charge in [-0.15, -0.1) is 11.3 Å². The van der Waals surface area contributed by atoms with Crippen LogP contribution in [0.2, 0.25) is 0 Å². The van der Waals surface area contributed by atoms with E-state index in [-0.39, 0.29) is 5.97 Å². The number of esters is 1. The molecular weight excluding hydrogens is 324 g/mol. The molecule has 0 saturated heterocycles. The summed E-state index contributed by atoms with van der Waals surface area (Å²) in [5, 5.41) is 0.800. The Morgan fingerprint density at radius 1 is 1.33 bits per heavy atom. The van der Waals surface area contributed by atoms with Crippen molar-refractivity contribution in [3.63, 3.8) is 0 Å². The van der Waals surface area contributed by atoms with Crippen molar-refractivity contribution in [2.45, 2.75) is 20.3 Å². The van der Waals surface area contributed by atoms with E-state index < -0.39 is 0 Å². The summed E-state index contributed by atoms with van der Waals surface area (Å²) in [5.74, 6) is 0.506. The molecule has 0 aliphatic carbocycles. The third-order valence-electron chi connectivity index (χ3n) is 3.36. The molecule has 0 radical (unpaired) electrons. The summed E-state index contributed by atoms with van der Waals surface area (Å²) >= 11 is 1.35. The Hall–Kier alpha value is -1.92. The first kappa shape index (κ1) is 18.4. The van der Waals surface area contributed by atoms with Crippen LogP contribution >= 0.6 is 11.3 Å². The molecule has 0 saturated carbocycles. The average molecular weight is 348 g/mol. The van der Waals surface area contributed by atoms with Crippen LogP contribution in [-0.2, 0) is 4.74 Å². The summed E-state index contributed by atoms with van der Waals surface area (Å²) in [6.07, 6.45) is 0.973. The van der Waals surface area contributed by atoms with Crippen molar-refractivity contribution >= 4 is 17.3 Å². The first-order chi connectivity index (χ1) is 11.5. The minimum atomic E-state index is -0.310. The summed E-state index contributed by atoms with van der Waals surface area (Å²) in [6.45, 7) is 5.66. The van der Waals surface area contributed by atoms with Crippen LogP contribution in [0.4, 0.5) is 0 Å². The SMILES string of the molecule is CCOC(=O)c1sc(-c2cccc(OCCCN(C)C)c2)nc1C. The first-order valence-corrected chi connectivity index (χ1v) is 8.85. The molecule has 2 rings (SSSR count). The molecule has 2 aromatic rings. The van der Waals surface area contributed by atoms with Crippen LogP contribution in [0.3, 0.4) is 0 Å². The Morgan fingerprint density at radius 3 is 2.83 bits per heavy atom. The topological polar surface area (TPSA) is 51.7 Å². The number of ether oxygens (including phenoxy) is 2. The largest absolute Gasteiger partial charge is 0.494 e. The predicted molar refractivity (Wildman–Crippen MR) is 96.9 cm³/mol. The van der Waals surface area contributed by atoms with Crippen LogP contribution in [0.15, 0.2) is 24.3 Å². The third-order valence-corrected chi connectivity index (χ3v) is 4.54. The zero-order chi connectivity index (χ0) is 17.5. The van der Waals surface area contributed by atoms with Crippen LogP contribution in [0.1, 0.15) is 28.7 Å². The van der Waals surface area contributed by atoms with Gasteiger partial charge in [-0.1, -0.05) is 12.1 Å². The highest BCUT2D eigenvalue weighted by Crippen LogP contribution is 2.30. The normalized spacial score (nSPS) is 10.9. The number of thiazole rings is 1. The van der Waals surface area contributed by atoms with Crippen molar-refractivity contribution in [1.82, 2.24) is 9.88 Å². The highest BCUT2D eigenvalue weighted by atomic mass is 32.1. The van der Waals surface area contributed by atoms with E-state index in [0.717, 1.165) is 29.3 Å². The number of nitrogens with zero attached hydrogens (tertiary/aromatic N) is 2. The van der Waals surface area contributed by atoms with Crippen LogP contribution in [-0.4, -0.2) is 49.7 Å². The van der Waals surface area contributed by atoms with E-state index in [1.54, 1.807) is 6.92 Å². The molecule has 130 valence electrons. The first-order valence-electron chi connectivity index (χ1n) is 8.03. The Balaban J connectivity index is 2.08. The number of aryl methyl sites for hydroxylation is 1. The van der Waals surface area contributed by atoms with Gasteiger partial charge in [-0.2, -0.15) is 0 Å². The molecule has 0 bridgehead atoms. The lowest BCUT2D eigenvalue weighted by Crippen LogP contribution is -2.15. The van der Waals surface area contributed by atoms with Gasteiger partial charge in [0.2, 0.25) is 0 Å². The van der Waals surface area contributed by atoms with E-state index in [1.807, 2.05) is 45.3 Å². The zero-order valence-corrected chi connectivity index (χ0v) is 15.5. The maximum absolute atomic E-state index is 11.9. The molecule has 1 aromatic heterocycles. The zero-order valence-electron chi connectivity index (χ0n) is 14.7. The highest BCUT2D eigenvalue weighted by Gasteiger charge is 2.17. The van der Waals surface area contributed by atoms with Crippen LogP contribution in [0.25, 0.3) is 10.6 Å². The molecule has 0 aliphatic heterocycles. The second-order valence-corrected chi connectivity index (χ2v) is 6.69. The van der Waals surface area contributed by atoms with Crippen LogP contribution in [0, 0.1) is 6.92 Å². The monoisotopic (exact) mass is 348 g/mol. The lowest BCUT2D eigenvalue weighted by molar-refractivity contribution is 0.0531. The predicted octanol–water partition coefficient (Wildman–Crippen LogP) is 3.63. The number of hydrogen-bond acceptors (Lipinski definition) is 6. The van der Waals surface area contributed by atoms with E-state index in [9.17, 15) is 4.79 Å². The molecule has 6 heteroatoms. The Bertz CT molecular complexity index is 683. The molecule has 1 heterocycles. The van der Waals surface area contributed by atoms with Crippen LogP contribution in [0.5, 0.6) is 5.75 Å². The smallest absolute Gasteiger partial charge is 0.350 e.